The number of hydrogen-bond donors (Lipinski definition) is 1. The van der Waals surface area contributed by atoms with E-state index in [0.717, 1.165) is 57.1 Å². The van der Waals surface area contributed by atoms with Gasteiger partial charge in [-0.1, -0.05) is 12.1 Å². The molecule has 2 saturated heterocycles. The molecule has 1 atom stereocenters. The third kappa shape index (κ3) is 5.69. The van der Waals surface area contributed by atoms with Gasteiger partial charge in [-0.3, -0.25) is 14.5 Å². The minimum absolute atomic E-state index is 0.0260. The molecule has 0 radical (unpaired) electrons. The number of hydrogen-bond acceptors (Lipinski definition) is 5. The quantitative estimate of drug-likeness (QED) is 0.778. The maximum absolute atomic E-state index is 12.7. The minimum Gasteiger partial charge on any atom is -0.481 e. The van der Waals surface area contributed by atoms with E-state index in [-0.39, 0.29) is 11.8 Å². The smallest absolute Gasteiger partial charge is 0.263 e. The average molecular weight is 389 g/mol. The number of carbonyl (C=O) groups is 2. The third-order valence-corrected chi connectivity index (χ3v) is 5.45. The second kappa shape index (κ2) is 9.89. The Morgan fingerprint density at radius 3 is 2.46 bits per heavy atom. The van der Waals surface area contributed by atoms with Crippen LogP contribution in [0, 0.1) is 6.92 Å². The van der Waals surface area contributed by atoms with E-state index in [9.17, 15) is 9.59 Å². The maximum Gasteiger partial charge on any atom is 0.263 e. The van der Waals surface area contributed by atoms with E-state index in [0.29, 0.717) is 19.5 Å². The summed E-state index contributed by atoms with van der Waals surface area (Å²) in [6, 6.07) is 7.76. The molecule has 2 aliphatic heterocycles. The highest BCUT2D eigenvalue weighted by Gasteiger charge is 2.26. The predicted molar refractivity (Wildman–Crippen MR) is 108 cm³/mol. The summed E-state index contributed by atoms with van der Waals surface area (Å²) in [6.07, 6.45) is 0.0588. The Labute approximate surface area is 167 Å². The molecule has 2 amide bonds. The standard InChI is InChI=1S/C21H32N4O3/c1-17-4-3-5-19(16-17)28-18(2)21(27)25-14-12-23(13-15-25)9-6-20(26)24-10-7-22-8-11-24/h3-5,16,18,22H,6-15H2,1-2H3. The third-order valence-electron chi connectivity index (χ3n) is 5.45. The zero-order valence-electron chi connectivity index (χ0n) is 17.0. The first-order chi connectivity index (χ1) is 13.5. The van der Waals surface area contributed by atoms with Crippen molar-refractivity contribution in [2.24, 2.45) is 0 Å². The van der Waals surface area contributed by atoms with Crippen LogP contribution in [0.1, 0.15) is 18.9 Å². The van der Waals surface area contributed by atoms with E-state index in [1.54, 1.807) is 0 Å². The summed E-state index contributed by atoms with van der Waals surface area (Å²) in [6.45, 7) is 10.9. The summed E-state index contributed by atoms with van der Waals surface area (Å²) in [4.78, 5) is 31.1. The van der Waals surface area contributed by atoms with Crippen LogP contribution in [0.5, 0.6) is 5.75 Å². The first-order valence-corrected chi connectivity index (χ1v) is 10.3. The fourth-order valence-electron chi connectivity index (χ4n) is 3.72. The van der Waals surface area contributed by atoms with Crippen LogP contribution in [-0.4, -0.2) is 91.5 Å². The van der Waals surface area contributed by atoms with Gasteiger partial charge in [0.25, 0.3) is 5.91 Å². The summed E-state index contributed by atoms with van der Waals surface area (Å²) in [7, 11) is 0. The fraction of sp³-hybridized carbons (Fsp3) is 0.619. The number of rotatable bonds is 6. The van der Waals surface area contributed by atoms with Crippen molar-refractivity contribution in [3.8, 4) is 5.75 Å². The molecular formula is C21H32N4O3. The number of piperazine rings is 2. The first-order valence-electron chi connectivity index (χ1n) is 10.3. The lowest BCUT2D eigenvalue weighted by atomic mass is 10.2. The topological polar surface area (TPSA) is 65.1 Å². The number of carbonyl (C=O) groups excluding carboxylic acids is 2. The second-order valence-corrected chi connectivity index (χ2v) is 7.62. The van der Waals surface area contributed by atoms with Crippen molar-refractivity contribution in [3.05, 3.63) is 29.8 Å². The van der Waals surface area contributed by atoms with Gasteiger partial charge >= 0.3 is 0 Å². The van der Waals surface area contributed by atoms with Gasteiger partial charge in [0.05, 0.1) is 0 Å². The molecule has 2 fully saturated rings. The highest BCUT2D eigenvalue weighted by Crippen LogP contribution is 2.15. The Kier molecular flexibility index (Phi) is 7.28. The molecule has 1 unspecified atom stereocenters. The molecule has 2 aliphatic rings. The van der Waals surface area contributed by atoms with Crippen molar-refractivity contribution in [3.63, 3.8) is 0 Å². The molecule has 1 aromatic carbocycles. The van der Waals surface area contributed by atoms with Gasteiger partial charge in [-0.25, -0.2) is 0 Å². The van der Waals surface area contributed by atoms with Crippen LogP contribution in [0.2, 0.25) is 0 Å². The average Bonchev–Trinajstić information content (AvgIpc) is 2.72. The van der Waals surface area contributed by atoms with Gasteiger partial charge in [0.15, 0.2) is 6.10 Å². The molecule has 28 heavy (non-hydrogen) atoms. The molecule has 3 rings (SSSR count). The van der Waals surface area contributed by atoms with Gasteiger partial charge in [-0.2, -0.15) is 0 Å². The van der Waals surface area contributed by atoms with Crippen LogP contribution in [0.15, 0.2) is 24.3 Å². The van der Waals surface area contributed by atoms with E-state index >= 15 is 0 Å². The Morgan fingerprint density at radius 1 is 1.07 bits per heavy atom. The molecule has 7 nitrogen and oxygen atoms in total. The van der Waals surface area contributed by atoms with Crippen LogP contribution in [0.4, 0.5) is 0 Å². The Hall–Kier alpha value is -2.12. The summed E-state index contributed by atoms with van der Waals surface area (Å²) in [5.41, 5.74) is 1.11. The molecule has 0 aromatic heterocycles. The SMILES string of the molecule is Cc1cccc(OC(C)C(=O)N2CCN(CCC(=O)N3CCNCC3)CC2)c1. The van der Waals surface area contributed by atoms with Gasteiger partial charge in [0, 0.05) is 65.3 Å². The maximum atomic E-state index is 12.7. The molecule has 154 valence electrons. The van der Waals surface area contributed by atoms with E-state index in [1.807, 2.05) is 47.9 Å². The summed E-state index contributed by atoms with van der Waals surface area (Å²) in [5.74, 6) is 0.990. The lowest BCUT2D eigenvalue weighted by Gasteiger charge is -2.36. The number of amides is 2. The number of ether oxygens (including phenoxy) is 1. The zero-order chi connectivity index (χ0) is 19.9. The molecule has 0 aliphatic carbocycles. The van der Waals surface area contributed by atoms with Crippen molar-refractivity contribution in [2.45, 2.75) is 26.4 Å². The van der Waals surface area contributed by atoms with Gasteiger partial charge in [0.1, 0.15) is 5.75 Å². The Bertz CT molecular complexity index is 667. The summed E-state index contributed by atoms with van der Waals surface area (Å²) >= 11 is 0. The van der Waals surface area contributed by atoms with E-state index in [2.05, 4.69) is 10.2 Å². The highest BCUT2D eigenvalue weighted by molar-refractivity contribution is 5.81. The number of aryl methyl sites for hydroxylation is 1. The number of nitrogens with one attached hydrogen (secondary N) is 1. The van der Waals surface area contributed by atoms with Crippen molar-refractivity contribution in [1.82, 2.24) is 20.0 Å². The highest BCUT2D eigenvalue weighted by atomic mass is 16.5. The van der Waals surface area contributed by atoms with Crippen LogP contribution >= 0.6 is 0 Å². The second-order valence-electron chi connectivity index (χ2n) is 7.62. The summed E-state index contributed by atoms with van der Waals surface area (Å²) in [5, 5.41) is 3.27. The van der Waals surface area contributed by atoms with Gasteiger partial charge in [-0.05, 0) is 31.5 Å². The summed E-state index contributed by atoms with van der Waals surface area (Å²) < 4.78 is 5.82. The van der Waals surface area contributed by atoms with Crippen molar-refractivity contribution in [2.75, 3.05) is 58.9 Å². The van der Waals surface area contributed by atoms with Crippen LogP contribution < -0.4 is 10.1 Å². The van der Waals surface area contributed by atoms with Gasteiger partial charge < -0.3 is 19.9 Å². The Balaban J connectivity index is 1.39. The van der Waals surface area contributed by atoms with Crippen LogP contribution in [0.25, 0.3) is 0 Å². The minimum atomic E-state index is -0.498. The van der Waals surface area contributed by atoms with Crippen molar-refractivity contribution >= 4 is 11.8 Å². The van der Waals surface area contributed by atoms with Crippen LogP contribution in [0.3, 0.4) is 0 Å². The van der Waals surface area contributed by atoms with E-state index < -0.39 is 6.10 Å². The monoisotopic (exact) mass is 388 g/mol. The molecule has 7 heteroatoms. The zero-order valence-corrected chi connectivity index (χ0v) is 17.0. The first kappa shape index (κ1) is 20.6. The molecule has 0 saturated carbocycles. The normalized spacial score (nSPS) is 19.4. The molecule has 0 bridgehead atoms. The van der Waals surface area contributed by atoms with Gasteiger partial charge in [-0.15, -0.1) is 0 Å². The largest absolute Gasteiger partial charge is 0.481 e. The number of nitrogens with zero attached hydrogens (tertiary/aromatic N) is 3. The molecule has 0 spiro atoms. The predicted octanol–water partition coefficient (Wildman–Crippen LogP) is 0.728. The van der Waals surface area contributed by atoms with Crippen molar-refractivity contribution < 1.29 is 14.3 Å². The van der Waals surface area contributed by atoms with Crippen molar-refractivity contribution in [1.29, 1.82) is 0 Å². The lowest BCUT2D eigenvalue weighted by molar-refractivity contribution is -0.140. The van der Waals surface area contributed by atoms with E-state index in [4.69, 9.17) is 4.74 Å². The molecule has 2 heterocycles. The van der Waals surface area contributed by atoms with Gasteiger partial charge in [0.2, 0.25) is 5.91 Å². The molecule has 1 aromatic rings. The van der Waals surface area contributed by atoms with E-state index in [1.165, 1.54) is 0 Å². The van der Waals surface area contributed by atoms with Crippen LogP contribution in [-0.2, 0) is 9.59 Å². The lowest BCUT2D eigenvalue weighted by Crippen LogP contribution is -2.52. The fourth-order valence-corrected chi connectivity index (χ4v) is 3.72. The Morgan fingerprint density at radius 2 is 1.79 bits per heavy atom. The number of benzene rings is 1. The molecular weight excluding hydrogens is 356 g/mol. The molecule has 1 N–H and O–H groups in total.